The van der Waals surface area contributed by atoms with Gasteiger partial charge in [0, 0.05) is 25.1 Å². The van der Waals surface area contributed by atoms with Gasteiger partial charge in [0.15, 0.2) is 5.78 Å². The van der Waals surface area contributed by atoms with Gasteiger partial charge in [-0.3, -0.25) is 9.69 Å². The lowest BCUT2D eigenvalue weighted by atomic mass is 9.95. The van der Waals surface area contributed by atoms with Crippen molar-refractivity contribution < 1.29 is 4.79 Å². The van der Waals surface area contributed by atoms with Crippen LogP contribution in [0.2, 0.25) is 0 Å². The molecule has 1 heterocycles. The van der Waals surface area contributed by atoms with Crippen molar-refractivity contribution in [1.29, 1.82) is 0 Å². The number of hydrogen-bond donors (Lipinski definition) is 1. The van der Waals surface area contributed by atoms with Crippen LogP contribution in [0.15, 0.2) is 18.2 Å². The molecule has 0 aliphatic carbocycles. The van der Waals surface area contributed by atoms with Crippen LogP contribution >= 0.6 is 0 Å². The van der Waals surface area contributed by atoms with E-state index in [-0.39, 0.29) is 5.78 Å². The van der Waals surface area contributed by atoms with Crippen LogP contribution in [0.5, 0.6) is 0 Å². The van der Waals surface area contributed by atoms with Crippen molar-refractivity contribution in [3.8, 4) is 0 Å². The Bertz CT molecular complexity index is 415. The quantitative estimate of drug-likeness (QED) is 0.802. The molecule has 0 amide bonds. The zero-order chi connectivity index (χ0) is 12.3. The highest BCUT2D eigenvalue weighted by molar-refractivity contribution is 5.96. The number of carbonyl (C=O) groups excluding carboxylic acids is 1. The highest BCUT2D eigenvalue weighted by Crippen LogP contribution is 2.20. The van der Waals surface area contributed by atoms with Crippen molar-refractivity contribution in [2.45, 2.75) is 26.3 Å². The van der Waals surface area contributed by atoms with E-state index in [1.165, 1.54) is 11.1 Å². The summed E-state index contributed by atoms with van der Waals surface area (Å²) in [5.41, 5.74) is 8.93. The van der Waals surface area contributed by atoms with E-state index in [4.69, 9.17) is 5.73 Å². The van der Waals surface area contributed by atoms with Gasteiger partial charge >= 0.3 is 0 Å². The van der Waals surface area contributed by atoms with Crippen LogP contribution in [0, 0.1) is 0 Å². The molecule has 1 aliphatic rings. The standard InChI is InChI=1S/C14H20N2O/c1-2-16-8-6-11-9-12(14(17)5-7-15)3-4-13(11)10-16/h3-4,9H,2,5-8,10,15H2,1H3. The molecule has 3 nitrogen and oxygen atoms in total. The second-order valence-electron chi connectivity index (χ2n) is 4.56. The summed E-state index contributed by atoms with van der Waals surface area (Å²) in [6.07, 6.45) is 1.49. The molecule has 0 saturated heterocycles. The van der Waals surface area contributed by atoms with Crippen LogP contribution in [0.4, 0.5) is 0 Å². The number of hydrogen-bond acceptors (Lipinski definition) is 3. The average Bonchev–Trinajstić information content (AvgIpc) is 2.37. The summed E-state index contributed by atoms with van der Waals surface area (Å²) >= 11 is 0. The normalized spacial score (nSPS) is 15.6. The van der Waals surface area contributed by atoms with Crippen molar-refractivity contribution in [2.24, 2.45) is 5.73 Å². The molecule has 0 fully saturated rings. The number of nitrogens with two attached hydrogens (primary N) is 1. The van der Waals surface area contributed by atoms with Crippen molar-refractivity contribution >= 4 is 5.78 Å². The van der Waals surface area contributed by atoms with Crippen LogP contribution < -0.4 is 5.73 Å². The molecule has 0 spiro atoms. The number of rotatable bonds is 4. The molecule has 1 aromatic carbocycles. The van der Waals surface area contributed by atoms with Crippen molar-refractivity contribution in [1.82, 2.24) is 4.90 Å². The molecule has 0 radical (unpaired) electrons. The first-order valence-electron chi connectivity index (χ1n) is 6.32. The van der Waals surface area contributed by atoms with E-state index >= 15 is 0 Å². The molecule has 3 heteroatoms. The van der Waals surface area contributed by atoms with E-state index in [1.807, 2.05) is 6.07 Å². The van der Waals surface area contributed by atoms with E-state index in [1.54, 1.807) is 0 Å². The Kier molecular flexibility index (Phi) is 3.92. The number of carbonyl (C=O) groups is 1. The average molecular weight is 232 g/mol. The van der Waals surface area contributed by atoms with E-state index in [2.05, 4.69) is 24.0 Å². The minimum atomic E-state index is 0.160. The van der Waals surface area contributed by atoms with Gasteiger partial charge in [0.05, 0.1) is 0 Å². The topological polar surface area (TPSA) is 46.3 Å². The van der Waals surface area contributed by atoms with Gasteiger partial charge in [-0.15, -0.1) is 0 Å². The Labute approximate surface area is 103 Å². The van der Waals surface area contributed by atoms with E-state index in [0.29, 0.717) is 13.0 Å². The predicted octanol–water partition coefficient (Wildman–Crippen LogP) is 1.60. The van der Waals surface area contributed by atoms with Crippen LogP contribution in [0.25, 0.3) is 0 Å². The maximum absolute atomic E-state index is 11.8. The summed E-state index contributed by atoms with van der Waals surface area (Å²) in [6, 6.07) is 6.09. The third kappa shape index (κ3) is 2.73. The number of likely N-dealkylation sites (N-methyl/N-ethyl adjacent to an activating group) is 1. The largest absolute Gasteiger partial charge is 0.330 e. The first kappa shape index (κ1) is 12.3. The SMILES string of the molecule is CCN1CCc2cc(C(=O)CCN)ccc2C1. The maximum atomic E-state index is 11.8. The molecule has 2 N–H and O–H groups in total. The van der Waals surface area contributed by atoms with Gasteiger partial charge < -0.3 is 5.73 Å². The third-order valence-corrected chi connectivity index (χ3v) is 3.44. The highest BCUT2D eigenvalue weighted by atomic mass is 16.1. The fraction of sp³-hybridized carbons (Fsp3) is 0.500. The summed E-state index contributed by atoms with van der Waals surface area (Å²) < 4.78 is 0. The monoisotopic (exact) mass is 232 g/mol. The summed E-state index contributed by atoms with van der Waals surface area (Å²) in [6.45, 7) is 5.81. The van der Waals surface area contributed by atoms with Gasteiger partial charge in [-0.05, 0) is 36.7 Å². The fourth-order valence-corrected chi connectivity index (χ4v) is 2.33. The lowest BCUT2D eigenvalue weighted by Gasteiger charge is -2.27. The summed E-state index contributed by atoms with van der Waals surface area (Å²) in [5.74, 6) is 0.160. The van der Waals surface area contributed by atoms with Crippen LogP contribution in [-0.4, -0.2) is 30.3 Å². The summed E-state index contributed by atoms with van der Waals surface area (Å²) in [5, 5.41) is 0. The Hall–Kier alpha value is -1.19. The van der Waals surface area contributed by atoms with Gasteiger partial charge in [0.25, 0.3) is 0 Å². The van der Waals surface area contributed by atoms with Gasteiger partial charge in [0.1, 0.15) is 0 Å². The molecule has 17 heavy (non-hydrogen) atoms. The minimum absolute atomic E-state index is 0.160. The van der Waals surface area contributed by atoms with Crippen LogP contribution in [0.3, 0.4) is 0 Å². The second-order valence-corrected chi connectivity index (χ2v) is 4.56. The van der Waals surface area contributed by atoms with Crippen molar-refractivity contribution in [3.63, 3.8) is 0 Å². The molecule has 0 bridgehead atoms. The Morgan fingerprint density at radius 2 is 2.24 bits per heavy atom. The number of nitrogens with zero attached hydrogens (tertiary/aromatic N) is 1. The number of ketones is 1. The first-order chi connectivity index (χ1) is 8.24. The third-order valence-electron chi connectivity index (χ3n) is 3.44. The molecule has 2 rings (SSSR count). The molecule has 0 aromatic heterocycles. The molecule has 0 saturated carbocycles. The molecule has 1 aromatic rings. The number of benzene rings is 1. The zero-order valence-electron chi connectivity index (χ0n) is 10.4. The number of fused-ring (bicyclic) bond motifs is 1. The minimum Gasteiger partial charge on any atom is -0.330 e. The van der Waals surface area contributed by atoms with Gasteiger partial charge in [-0.25, -0.2) is 0 Å². The second kappa shape index (κ2) is 5.43. The highest BCUT2D eigenvalue weighted by Gasteiger charge is 2.16. The molecule has 0 unspecified atom stereocenters. The van der Waals surface area contributed by atoms with Crippen LogP contribution in [0.1, 0.15) is 34.8 Å². The zero-order valence-corrected chi connectivity index (χ0v) is 10.4. The van der Waals surface area contributed by atoms with E-state index < -0.39 is 0 Å². The fourth-order valence-electron chi connectivity index (χ4n) is 2.33. The van der Waals surface area contributed by atoms with Crippen molar-refractivity contribution in [2.75, 3.05) is 19.6 Å². The number of Topliss-reactive ketones (excluding diaryl/α,β-unsaturated/α-hetero) is 1. The lowest BCUT2D eigenvalue weighted by Crippen LogP contribution is -2.30. The molecule has 92 valence electrons. The summed E-state index contributed by atoms with van der Waals surface area (Å²) in [7, 11) is 0. The molecule has 1 aliphatic heterocycles. The Morgan fingerprint density at radius 1 is 1.41 bits per heavy atom. The Morgan fingerprint density at radius 3 is 2.94 bits per heavy atom. The van der Waals surface area contributed by atoms with Crippen molar-refractivity contribution in [3.05, 3.63) is 34.9 Å². The smallest absolute Gasteiger partial charge is 0.164 e. The van der Waals surface area contributed by atoms with Gasteiger partial charge in [0.2, 0.25) is 0 Å². The summed E-state index contributed by atoms with van der Waals surface area (Å²) in [4.78, 5) is 14.2. The molecular formula is C14H20N2O. The van der Waals surface area contributed by atoms with E-state index in [9.17, 15) is 4.79 Å². The van der Waals surface area contributed by atoms with E-state index in [0.717, 1.165) is 31.6 Å². The van der Waals surface area contributed by atoms with Gasteiger partial charge in [-0.2, -0.15) is 0 Å². The van der Waals surface area contributed by atoms with Crippen LogP contribution in [-0.2, 0) is 13.0 Å². The molecular weight excluding hydrogens is 212 g/mol. The Balaban J connectivity index is 2.18. The molecule has 0 atom stereocenters. The maximum Gasteiger partial charge on any atom is 0.164 e. The van der Waals surface area contributed by atoms with Gasteiger partial charge in [-0.1, -0.05) is 19.1 Å². The first-order valence-corrected chi connectivity index (χ1v) is 6.32. The lowest BCUT2D eigenvalue weighted by molar-refractivity contribution is 0.0985. The predicted molar refractivity (Wildman–Crippen MR) is 69.1 cm³/mol.